The lowest BCUT2D eigenvalue weighted by atomic mass is 10.4. The maximum Gasteiger partial charge on any atom is 0.129 e. The van der Waals surface area contributed by atoms with Gasteiger partial charge in [0.15, 0.2) is 0 Å². The van der Waals surface area contributed by atoms with E-state index in [-0.39, 0.29) is 0 Å². The Hall–Kier alpha value is -2.04. The van der Waals surface area contributed by atoms with Crippen molar-refractivity contribution < 1.29 is 0 Å². The summed E-state index contributed by atoms with van der Waals surface area (Å²) in [5.41, 5.74) is 1.87. The first-order valence-corrected chi connectivity index (χ1v) is 4.62. The fourth-order valence-electron chi connectivity index (χ4n) is 1.15. The van der Waals surface area contributed by atoms with Gasteiger partial charge >= 0.3 is 0 Å². The second kappa shape index (κ2) is 4.45. The predicted octanol–water partition coefficient (Wildman–Crippen LogP) is 1.19. The lowest BCUT2D eigenvalue weighted by Gasteiger charge is -2.04. The molecule has 2 aromatic heterocycles. The van der Waals surface area contributed by atoms with Crippen LogP contribution >= 0.6 is 0 Å². The summed E-state index contributed by atoms with van der Waals surface area (Å²) < 4.78 is 0. The number of aromatic nitrogens is 4. The van der Waals surface area contributed by atoms with Crippen LogP contribution in [-0.2, 0) is 6.54 Å². The Labute approximate surface area is 87.6 Å². The van der Waals surface area contributed by atoms with Gasteiger partial charge in [0.05, 0.1) is 12.2 Å². The maximum absolute atomic E-state index is 4.10. The number of rotatable bonds is 3. The zero-order valence-electron chi connectivity index (χ0n) is 8.38. The Morgan fingerprint density at radius 1 is 1.20 bits per heavy atom. The molecule has 2 aromatic rings. The molecular formula is C10H11N5. The topological polar surface area (TPSA) is 63.6 Å². The normalized spacial score (nSPS) is 9.93. The van der Waals surface area contributed by atoms with Crippen molar-refractivity contribution in [2.45, 2.75) is 13.5 Å². The number of aryl methyl sites for hydroxylation is 1. The van der Waals surface area contributed by atoms with Crippen LogP contribution in [-0.4, -0.2) is 19.9 Å². The van der Waals surface area contributed by atoms with Crippen LogP contribution in [0.1, 0.15) is 11.4 Å². The van der Waals surface area contributed by atoms with Gasteiger partial charge in [-0.25, -0.2) is 19.9 Å². The van der Waals surface area contributed by atoms with Gasteiger partial charge in [0.1, 0.15) is 18.5 Å². The molecule has 0 bridgehead atoms. The molecule has 1 N–H and O–H groups in total. The van der Waals surface area contributed by atoms with Crippen LogP contribution in [0.2, 0.25) is 0 Å². The maximum atomic E-state index is 4.10. The van der Waals surface area contributed by atoms with Crippen molar-refractivity contribution in [2.75, 3.05) is 5.32 Å². The smallest absolute Gasteiger partial charge is 0.129 e. The molecule has 5 heteroatoms. The molecule has 2 heterocycles. The summed E-state index contributed by atoms with van der Waals surface area (Å²) in [7, 11) is 0. The lowest BCUT2D eigenvalue weighted by Crippen LogP contribution is -2.03. The molecule has 76 valence electrons. The summed E-state index contributed by atoms with van der Waals surface area (Å²) in [6, 6.07) is 3.75. The van der Waals surface area contributed by atoms with Crippen LogP contribution in [0.25, 0.3) is 0 Å². The van der Waals surface area contributed by atoms with Gasteiger partial charge in [-0.15, -0.1) is 0 Å². The van der Waals surface area contributed by atoms with E-state index in [9.17, 15) is 0 Å². The van der Waals surface area contributed by atoms with Crippen LogP contribution in [0.3, 0.4) is 0 Å². The van der Waals surface area contributed by atoms with Gasteiger partial charge in [0.2, 0.25) is 0 Å². The molecule has 0 saturated carbocycles. The summed E-state index contributed by atoms with van der Waals surface area (Å²) in [4.78, 5) is 16.1. The largest absolute Gasteiger partial charge is 0.364 e. The first-order chi connectivity index (χ1) is 7.34. The van der Waals surface area contributed by atoms with E-state index in [1.165, 1.54) is 12.7 Å². The van der Waals surface area contributed by atoms with Crippen molar-refractivity contribution in [3.05, 3.63) is 42.4 Å². The summed E-state index contributed by atoms with van der Waals surface area (Å²) >= 11 is 0. The molecule has 0 amide bonds. The number of nitrogens with zero attached hydrogens (tertiary/aromatic N) is 4. The molecule has 15 heavy (non-hydrogen) atoms. The van der Waals surface area contributed by atoms with Gasteiger partial charge in [-0.1, -0.05) is 0 Å². The van der Waals surface area contributed by atoms with Gasteiger partial charge in [-0.3, -0.25) is 0 Å². The van der Waals surface area contributed by atoms with E-state index >= 15 is 0 Å². The third-order valence-corrected chi connectivity index (χ3v) is 1.90. The van der Waals surface area contributed by atoms with E-state index in [1.54, 1.807) is 6.20 Å². The monoisotopic (exact) mass is 201 g/mol. The van der Waals surface area contributed by atoms with Gasteiger partial charge < -0.3 is 5.32 Å². The minimum Gasteiger partial charge on any atom is -0.364 e. The predicted molar refractivity (Wildman–Crippen MR) is 56.1 cm³/mol. The van der Waals surface area contributed by atoms with Gasteiger partial charge in [-0.2, -0.15) is 0 Å². The zero-order chi connectivity index (χ0) is 10.5. The van der Waals surface area contributed by atoms with Gasteiger partial charge in [-0.05, 0) is 13.0 Å². The first-order valence-electron chi connectivity index (χ1n) is 4.62. The van der Waals surface area contributed by atoms with Crippen LogP contribution < -0.4 is 5.32 Å². The van der Waals surface area contributed by atoms with Crippen molar-refractivity contribution in [3.63, 3.8) is 0 Å². The van der Waals surface area contributed by atoms with E-state index in [4.69, 9.17) is 0 Å². The van der Waals surface area contributed by atoms with Crippen LogP contribution in [0.5, 0.6) is 0 Å². The molecule has 5 nitrogen and oxygen atoms in total. The summed E-state index contributed by atoms with van der Waals surface area (Å²) in [5, 5.41) is 3.16. The molecule has 2 rings (SSSR count). The van der Waals surface area contributed by atoms with Crippen molar-refractivity contribution in [3.8, 4) is 0 Å². The lowest BCUT2D eigenvalue weighted by molar-refractivity contribution is 0.986. The molecule has 0 aliphatic heterocycles. The Morgan fingerprint density at radius 3 is 2.87 bits per heavy atom. The average Bonchev–Trinajstić information content (AvgIpc) is 2.28. The fraction of sp³-hybridized carbons (Fsp3) is 0.200. The Balaban J connectivity index is 1.99. The van der Waals surface area contributed by atoms with Crippen LogP contribution in [0, 0.1) is 6.92 Å². The first kappa shape index (κ1) is 9.51. The molecule has 0 aliphatic carbocycles. The number of anilines is 1. The minimum absolute atomic E-state index is 0.638. The van der Waals surface area contributed by atoms with Crippen LogP contribution in [0.15, 0.2) is 31.0 Å². The van der Waals surface area contributed by atoms with Crippen molar-refractivity contribution in [1.29, 1.82) is 0 Å². The van der Waals surface area contributed by atoms with Crippen molar-refractivity contribution in [2.24, 2.45) is 0 Å². The molecule has 0 atom stereocenters. The average molecular weight is 201 g/mol. The highest BCUT2D eigenvalue weighted by Gasteiger charge is 1.96. The molecule has 0 aliphatic rings. The van der Waals surface area contributed by atoms with Gasteiger partial charge in [0, 0.05) is 18.0 Å². The molecular weight excluding hydrogens is 190 g/mol. The Bertz CT molecular complexity index is 429. The van der Waals surface area contributed by atoms with E-state index in [0.717, 1.165) is 17.2 Å². The van der Waals surface area contributed by atoms with Crippen molar-refractivity contribution in [1.82, 2.24) is 19.9 Å². The van der Waals surface area contributed by atoms with Crippen LogP contribution in [0.4, 0.5) is 5.82 Å². The SMILES string of the molecule is Cc1cc(NCc2ccncn2)ncn1. The van der Waals surface area contributed by atoms with E-state index in [2.05, 4.69) is 25.3 Å². The zero-order valence-corrected chi connectivity index (χ0v) is 8.38. The second-order valence-electron chi connectivity index (χ2n) is 3.10. The Morgan fingerprint density at radius 2 is 2.13 bits per heavy atom. The Kier molecular flexibility index (Phi) is 2.82. The number of nitrogens with one attached hydrogen (secondary N) is 1. The molecule has 0 aromatic carbocycles. The van der Waals surface area contributed by atoms with E-state index in [0.29, 0.717) is 6.54 Å². The van der Waals surface area contributed by atoms with E-state index in [1.807, 2.05) is 19.1 Å². The highest BCUT2D eigenvalue weighted by molar-refractivity contribution is 5.34. The molecule has 0 saturated heterocycles. The molecule has 0 unspecified atom stereocenters. The minimum atomic E-state index is 0.638. The standard InChI is InChI=1S/C10H11N5/c1-8-4-10(15-7-13-8)12-5-9-2-3-11-6-14-9/h2-4,6-7H,5H2,1H3,(H,12,13,15). The number of hydrogen-bond donors (Lipinski definition) is 1. The molecule has 0 fully saturated rings. The summed E-state index contributed by atoms with van der Waals surface area (Å²) in [6.07, 6.45) is 4.79. The third kappa shape index (κ3) is 2.70. The third-order valence-electron chi connectivity index (χ3n) is 1.90. The highest BCUT2D eigenvalue weighted by atomic mass is 15.0. The van der Waals surface area contributed by atoms with E-state index < -0.39 is 0 Å². The second-order valence-corrected chi connectivity index (χ2v) is 3.10. The summed E-state index contributed by atoms with van der Waals surface area (Å²) in [6.45, 7) is 2.57. The summed E-state index contributed by atoms with van der Waals surface area (Å²) in [5.74, 6) is 0.807. The quantitative estimate of drug-likeness (QED) is 0.808. The number of hydrogen-bond acceptors (Lipinski definition) is 5. The fourth-order valence-corrected chi connectivity index (χ4v) is 1.15. The van der Waals surface area contributed by atoms with Gasteiger partial charge in [0.25, 0.3) is 0 Å². The van der Waals surface area contributed by atoms with Crippen molar-refractivity contribution >= 4 is 5.82 Å². The highest BCUT2D eigenvalue weighted by Crippen LogP contribution is 2.04. The molecule has 0 spiro atoms. The molecule has 0 radical (unpaired) electrons.